The van der Waals surface area contributed by atoms with E-state index in [0.717, 1.165) is 5.69 Å². The van der Waals surface area contributed by atoms with Crippen LogP contribution < -0.4 is 5.32 Å². The molecule has 2 heterocycles. The van der Waals surface area contributed by atoms with E-state index < -0.39 is 0 Å². The van der Waals surface area contributed by atoms with Gasteiger partial charge in [0.05, 0.1) is 23.7 Å². The van der Waals surface area contributed by atoms with Gasteiger partial charge >= 0.3 is 0 Å². The van der Waals surface area contributed by atoms with Crippen molar-refractivity contribution in [3.05, 3.63) is 34.5 Å². The number of nitrogens with zero attached hydrogens (tertiary/aromatic N) is 4. The minimum Gasteiger partial charge on any atom is -0.305 e. The topological polar surface area (TPSA) is 72.7 Å². The number of nitrogens with one attached hydrogen (secondary N) is 1. The fourth-order valence-corrected chi connectivity index (χ4v) is 1.76. The van der Waals surface area contributed by atoms with Crippen molar-refractivity contribution in [2.45, 2.75) is 13.8 Å². The van der Waals surface area contributed by atoms with Crippen molar-refractivity contribution in [3.63, 3.8) is 0 Å². The zero-order valence-electron chi connectivity index (χ0n) is 10.2. The number of halogens is 1. The van der Waals surface area contributed by atoms with Gasteiger partial charge in [-0.1, -0.05) is 11.6 Å². The molecule has 7 heteroatoms. The van der Waals surface area contributed by atoms with Gasteiger partial charge in [0, 0.05) is 12.7 Å². The van der Waals surface area contributed by atoms with Gasteiger partial charge in [-0.05, 0) is 13.8 Å². The largest absolute Gasteiger partial charge is 0.305 e. The first-order valence-electron chi connectivity index (χ1n) is 5.28. The van der Waals surface area contributed by atoms with Crippen LogP contribution in [0.5, 0.6) is 0 Å². The molecular formula is C11H12ClN5O. The van der Waals surface area contributed by atoms with Crippen LogP contribution in [0.4, 0.5) is 5.82 Å². The van der Waals surface area contributed by atoms with Crippen LogP contribution in [0.15, 0.2) is 12.4 Å². The molecule has 0 saturated carbocycles. The molecule has 0 bridgehead atoms. The SMILES string of the molecule is Cc1nn(C)c(C)c1C(=O)Nc1cnc(Cl)cn1. The van der Waals surface area contributed by atoms with Crippen molar-refractivity contribution in [2.75, 3.05) is 5.32 Å². The summed E-state index contributed by atoms with van der Waals surface area (Å²) in [5.41, 5.74) is 2.02. The van der Waals surface area contributed by atoms with E-state index in [1.165, 1.54) is 12.4 Å². The lowest BCUT2D eigenvalue weighted by Gasteiger charge is -2.04. The van der Waals surface area contributed by atoms with Crippen molar-refractivity contribution < 1.29 is 4.79 Å². The first kappa shape index (κ1) is 12.5. The Kier molecular flexibility index (Phi) is 3.29. The zero-order chi connectivity index (χ0) is 13.3. The van der Waals surface area contributed by atoms with E-state index in [9.17, 15) is 4.79 Å². The normalized spacial score (nSPS) is 10.4. The summed E-state index contributed by atoms with van der Waals surface area (Å²) in [7, 11) is 1.79. The molecule has 0 unspecified atom stereocenters. The predicted octanol–water partition coefficient (Wildman–Crippen LogP) is 1.73. The molecule has 0 aliphatic heterocycles. The van der Waals surface area contributed by atoms with E-state index in [0.29, 0.717) is 17.1 Å². The maximum atomic E-state index is 12.1. The number of carbonyl (C=O) groups excluding carboxylic acids is 1. The molecule has 18 heavy (non-hydrogen) atoms. The van der Waals surface area contributed by atoms with Gasteiger partial charge in [-0.2, -0.15) is 5.10 Å². The monoisotopic (exact) mass is 265 g/mol. The molecule has 0 radical (unpaired) electrons. The quantitative estimate of drug-likeness (QED) is 0.898. The van der Waals surface area contributed by atoms with Crippen LogP contribution >= 0.6 is 11.6 Å². The number of aryl methyl sites for hydroxylation is 2. The molecule has 0 aliphatic carbocycles. The van der Waals surface area contributed by atoms with Crippen LogP contribution in [-0.4, -0.2) is 25.7 Å². The minimum absolute atomic E-state index is 0.255. The first-order chi connectivity index (χ1) is 8.49. The molecule has 1 N–H and O–H groups in total. The summed E-state index contributed by atoms with van der Waals surface area (Å²) in [4.78, 5) is 19.9. The summed E-state index contributed by atoms with van der Waals surface area (Å²) in [5.74, 6) is 0.0989. The van der Waals surface area contributed by atoms with Crippen LogP contribution in [0.3, 0.4) is 0 Å². The molecular weight excluding hydrogens is 254 g/mol. The fraction of sp³-hybridized carbons (Fsp3) is 0.273. The lowest BCUT2D eigenvalue weighted by atomic mass is 10.2. The summed E-state index contributed by atoms with van der Waals surface area (Å²) in [5, 5.41) is 7.12. The third-order valence-electron chi connectivity index (χ3n) is 2.60. The molecule has 2 aromatic heterocycles. The highest BCUT2D eigenvalue weighted by atomic mass is 35.5. The highest BCUT2D eigenvalue weighted by molar-refractivity contribution is 6.29. The number of rotatable bonds is 2. The average Bonchev–Trinajstić information content (AvgIpc) is 2.56. The van der Waals surface area contributed by atoms with Crippen molar-refractivity contribution in [2.24, 2.45) is 7.05 Å². The van der Waals surface area contributed by atoms with E-state index in [2.05, 4.69) is 20.4 Å². The Morgan fingerprint density at radius 2 is 2.06 bits per heavy atom. The summed E-state index contributed by atoms with van der Waals surface area (Å²) in [6.45, 7) is 3.62. The van der Waals surface area contributed by atoms with Gasteiger partial charge in [-0.15, -0.1) is 0 Å². The summed E-state index contributed by atoms with van der Waals surface area (Å²) in [6.07, 6.45) is 2.78. The van der Waals surface area contributed by atoms with E-state index in [1.54, 1.807) is 18.7 Å². The second-order valence-electron chi connectivity index (χ2n) is 3.85. The van der Waals surface area contributed by atoms with E-state index in [4.69, 9.17) is 11.6 Å². The Morgan fingerprint density at radius 3 is 2.56 bits per heavy atom. The molecule has 0 atom stereocenters. The average molecular weight is 266 g/mol. The summed E-state index contributed by atoms with van der Waals surface area (Å²) in [6, 6.07) is 0. The van der Waals surface area contributed by atoms with Crippen molar-refractivity contribution >= 4 is 23.3 Å². The number of amides is 1. The summed E-state index contributed by atoms with van der Waals surface area (Å²) >= 11 is 5.62. The third kappa shape index (κ3) is 2.33. The van der Waals surface area contributed by atoms with Gasteiger partial charge < -0.3 is 5.32 Å². The van der Waals surface area contributed by atoms with Gasteiger partial charge in [-0.25, -0.2) is 9.97 Å². The number of hydrogen-bond donors (Lipinski definition) is 1. The van der Waals surface area contributed by atoms with Gasteiger partial charge in [0.15, 0.2) is 5.82 Å². The molecule has 0 aliphatic rings. The van der Waals surface area contributed by atoms with Crippen LogP contribution in [0.1, 0.15) is 21.7 Å². The minimum atomic E-state index is -0.255. The molecule has 0 spiro atoms. The van der Waals surface area contributed by atoms with E-state index >= 15 is 0 Å². The van der Waals surface area contributed by atoms with Crippen molar-refractivity contribution in [1.82, 2.24) is 19.7 Å². The molecule has 2 rings (SSSR count). The zero-order valence-corrected chi connectivity index (χ0v) is 11.0. The lowest BCUT2D eigenvalue weighted by Crippen LogP contribution is -2.15. The Bertz CT molecular complexity index is 590. The lowest BCUT2D eigenvalue weighted by molar-refractivity contribution is 0.102. The second-order valence-corrected chi connectivity index (χ2v) is 4.24. The molecule has 1 amide bonds. The molecule has 6 nitrogen and oxygen atoms in total. The van der Waals surface area contributed by atoms with Crippen LogP contribution in [-0.2, 0) is 7.05 Å². The standard InChI is InChI=1S/C11H12ClN5O/c1-6-10(7(2)17(3)16-6)11(18)15-9-5-13-8(12)4-14-9/h4-5H,1-3H3,(H,14,15,18). The number of aromatic nitrogens is 4. The Morgan fingerprint density at radius 1 is 1.33 bits per heavy atom. The van der Waals surface area contributed by atoms with Gasteiger partial charge in [0.25, 0.3) is 5.91 Å². The van der Waals surface area contributed by atoms with Gasteiger partial charge in [0.2, 0.25) is 0 Å². The maximum Gasteiger partial charge on any atom is 0.260 e. The molecule has 2 aromatic rings. The summed E-state index contributed by atoms with van der Waals surface area (Å²) < 4.78 is 1.66. The van der Waals surface area contributed by atoms with Crippen LogP contribution in [0.2, 0.25) is 5.15 Å². The first-order valence-corrected chi connectivity index (χ1v) is 5.66. The Hall–Kier alpha value is -1.95. The maximum absolute atomic E-state index is 12.1. The Labute approximate surface area is 109 Å². The van der Waals surface area contributed by atoms with Crippen molar-refractivity contribution in [1.29, 1.82) is 0 Å². The van der Waals surface area contributed by atoms with Gasteiger partial charge in [0.1, 0.15) is 5.15 Å². The molecule has 94 valence electrons. The Balaban J connectivity index is 2.24. The van der Waals surface area contributed by atoms with Crippen LogP contribution in [0, 0.1) is 13.8 Å². The number of carbonyl (C=O) groups is 1. The molecule has 0 fully saturated rings. The third-order valence-corrected chi connectivity index (χ3v) is 2.79. The smallest absolute Gasteiger partial charge is 0.260 e. The van der Waals surface area contributed by atoms with Gasteiger partial charge in [-0.3, -0.25) is 9.48 Å². The molecule has 0 aromatic carbocycles. The number of hydrogen-bond acceptors (Lipinski definition) is 4. The van der Waals surface area contributed by atoms with E-state index in [-0.39, 0.29) is 11.1 Å². The number of anilines is 1. The predicted molar refractivity (Wildman–Crippen MR) is 67.7 cm³/mol. The van der Waals surface area contributed by atoms with Crippen molar-refractivity contribution in [3.8, 4) is 0 Å². The highest BCUT2D eigenvalue weighted by Gasteiger charge is 2.17. The second kappa shape index (κ2) is 4.73. The highest BCUT2D eigenvalue weighted by Crippen LogP contribution is 2.14. The fourth-order valence-electron chi connectivity index (χ4n) is 1.66. The molecule has 0 saturated heterocycles. The van der Waals surface area contributed by atoms with Crippen LogP contribution in [0.25, 0.3) is 0 Å². The van der Waals surface area contributed by atoms with E-state index in [1.807, 2.05) is 6.92 Å².